The van der Waals surface area contributed by atoms with E-state index in [-0.39, 0.29) is 82.1 Å². The molecule has 10 aliphatic rings. The maximum atomic E-state index is 13.5. The van der Waals surface area contributed by atoms with Crippen molar-refractivity contribution < 1.29 is 79.0 Å². The molecule has 4 aromatic heterocycles. The number of nitrogens with zero attached hydrogens (tertiary/aromatic N) is 16. The number of hydrogen-bond donors (Lipinski definition) is 8. The Bertz CT molecular complexity index is 6010. The second kappa shape index (κ2) is 40.4. The Hall–Kier alpha value is -13.6. The van der Waals surface area contributed by atoms with Crippen LogP contribution in [-0.2, 0) is 34.9 Å². The number of Topliss-reactive ketones (excluding diaryl/α,β-unsaturated/α-hetero) is 1. The van der Waals surface area contributed by atoms with E-state index in [0.29, 0.717) is 115 Å². The van der Waals surface area contributed by atoms with Crippen molar-refractivity contribution >= 4 is 151 Å². The quantitative estimate of drug-likeness (QED) is 0.0310. The second-order valence-corrected chi connectivity index (χ2v) is 39.6. The molecular formula is C98H120F6N24O11. The number of anilines is 17. The third-order valence-corrected chi connectivity index (χ3v) is 27.3. The fourth-order valence-corrected chi connectivity index (χ4v) is 19.9. The van der Waals surface area contributed by atoms with Gasteiger partial charge < -0.3 is 91.2 Å². The Morgan fingerprint density at radius 2 is 0.791 bits per heavy atom. The van der Waals surface area contributed by atoms with E-state index in [1.165, 1.54) is 75.3 Å². The van der Waals surface area contributed by atoms with Gasteiger partial charge in [-0.15, -0.1) is 13.2 Å². The van der Waals surface area contributed by atoms with Gasteiger partial charge in [-0.25, -0.2) is 19.9 Å². The predicted molar refractivity (Wildman–Crippen MR) is 517 cm³/mol. The van der Waals surface area contributed by atoms with Gasteiger partial charge in [-0.3, -0.25) is 43.2 Å². The molecule has 10 heterocycles. The maximum Gasteiger partial charge on any atom is 0.573 e. The van der Waals surface area contributed by atoms with E-state index in [0.717, 1.165) is 131 Å². The Labute approximate surface area is 802 Å². The first-order valence-electron chi connectivity index (χ1n) is 47.2. The van der Waals surface area contributed by atoms with Crippen molar-refractivity contribution in [3.63, 3.8) is 0 Å². The number of benzene rings is 4. The van der Waals surface area contributed by atoms with Gasteiger partial charge in [0.25, 0.3) is 29.4 Å². The maximum absolute atomic E-state index is 13.5. The van der Waals surface area contributed by atoms with Gasteiger partial charge >= 0.3 is 12.5 Å². The highest BCUT2D eigenvalue weighted by Gasteiger charge is 2.48. The fourth-order valence-electron chi connectivity index (χ4n) is 19.9. The lowest BCUT2D eigenvalue weighted by Crippen LogP contribution is -2.45. The van der Waals surface area contributed by atoms with Crippen molar-refractivity contribution in [1.29, 1.82) is 0 Å². The van der Waals surface area contributed by atoms with E-state index in [1.54, 1.807) is 73.5 Å². The van der Waals surface area contributed by atoms with Crippen LogP contribution >= 0.6 is 0 Å². The molecule has 0 spiro atoms. The van der Waals surface area contributed by atoms with Crippen LogP contribution in [0.1, 0.15) is 218 Å². The van der Waals surface area contributed by atoms with Crippen LogP contribution in [0.15, 0.2) is 104 Å². The molecule has 0 atom stereocenters. The van der Waals surface area contributed by atoms with E-state index >= 15 is 0 Å². The first kappa shape index (κ1) is 99.8. The molecule has 4 aliphatic carbocycles. The van der Waals surface area contributed by atoms with Crippen LogP contribution in [0.4, 0.5) is 125 Å². The largest absolute Gasteiger partial charge is 0.573 e. The Kier molecular flexibility index (Phi) is 29.0. The highest BCUT2D eigenvalue weighted by molar-refractivity contribution is 6.51. The molecule has 5 fully saturated rings. The Morgan fingerprint density at radius 3 is 1.18 bits per heavy atom. The summed E-state index contributed by atoms with van der Waals surface area (Å²) in [5.41, 5.74) is 1.72. The molecule has 35 nitrogen and oxygen atoms in total. The third kappa shape index (κ3) is 22.2. The summed E-state index contributed by atoms with van der Waals surface area (Å²) in [5.74, 6) is 0.477. The Balaban J connectivity index is 0.000000140. The summed E-state index contributed by atoms with van der Waals surface area (Å²) in [4.78, 5) is 165. The van der Waals surface area contributed by atoms with E-state index in [9.17, 15) is 69.5 Å². The monoisotopic (exact) mass is 1920 g/mol. The molecular weight excluding hydrogens is 1800 g/mol. The second-order valence-electron chi connectivity index (χ2n) is 39.6. The molecule has 8 amide bonds. The average molecular weight is 1920 g/mol. The van der Waals surface area contributed by atoms with Crippen molar-refractivity contribution in [1.82, 2.24) is 55.8 Å². The molecule has 41 heteroatoms. The minimum Gasteiger partial charge on any atom is -0.404 e. The lowest BCUT2D eigenvalue weighted by molar-refractivity contribution is -0.274. The van der Waals surface area contributed by atoms with Crippen molar-refractivity contribution in [2.24, 2.45) is 21.7 Å². The highest BCUT2D eigenvalue weighted by Crippen LogP contribution is 2.48. The van der Waals surface area contributed by atoms with Gasteiger partial charge in [0.05, 0.1) is 68.9 Å². The van der Waals surface area contributed by atoms with Crippen molar-refractivity contribution in [3.8, 4) is 5.75 Å². The molecule has 18 rings (SSSR count). The smallest absolute Gasteiger partial charge is 0.404 e. The number of carbonyl (C=O) groups is 9. The van der Waals surface area contributed by atoms with Crippen LogP contribution in [0.25, 0.3) is 0 Å². The fraction of sp³-hybridized carbons (Fsp3) is 0.500. The lowest BCUT2D eigenvalue weighted by Gasteiger charge is -2.34. The summed E-state index contributed by atoms with van der Waals surface area (Å²) in [6.45, 7) is 19.0. The zero-order valence-corrected chi connectivity index (χ0v) is 80.6. The van der Waals surface area contributed by atoms with Gasteiger partial charge in [0.2, 0.25) is 47.4 Å². The number of ketones is 1. The Morgan fingerprint density at radius 1 is 0.424 bits per heavy atom. The number of carbonyl (C=O) groups excluding carboxylic acids is 9. The average Bonchev–Trinajstić information content (AvgIpc) is 1.64. The number of amides is 8. The van der Waals surface area contributed by atoms with Crippen LogP contribution < -0.4 is 86.5 Å². The first-order valence-corrected chi connectivity index (χ1v) is 47.2. The number of alkyl halides is 6. The minimum absolute atomic E-state index is 0.0000703. The van der Waals surface area contributed by atoms with Gasteiger partial charge in [-0.2, -0.15) is 33.1 Å². The van der Waals surface area contributed by atoms with Crippen LogP contribution in [0.3, 0.4) is 0 Å². The summed E-state index contributed by atoms with van der Waals surface area (Å²) >= 11 is 0. The van der Waals surface area contributed by atoms with Crippen molar-refractivity contribution in [3.05, 3.63) is 131 Å². The van der Waals surface area contributed by atoms with E-state index in [4.69, 9.17) is 14.7 Å². The molecule has 8 aromatic rings. The number of fused-ring (bicyclic) bond motifs is 5. The lowest BCUT2D eigenvalue weighted by atomic mass is 9.91. The number of nitrogens with one attached hydrogen (secondary N) is 8. The summed E-state index contributed by atoms with van der Waals surface area (Å²) in [6, 6.07) is 20.4. The SMILES string of the molecule is CN1C(=O)C(C)(C)CN(C2CCCC2)c2nc(Nc3ccc4c(c3)C(=O)C(=O)N4)ncc21.CN1C(=O)C(C)(C)CN(C2CCCC2)c2nc(Nc3cccc(C(=O)NC4CCOCC4)c3)ncc21.CNC(=O)c1cc(Nc2ncc3c(n2)N(C2CCCC2)CC(C)(C)C(=O)N3C)cc(C(F)(F)F)c1.CNC(=O)c1ccc(Nc2ncc3c(n2)N(C2CCCC2)CC(C)(C)C(=O)N3C)c(OC(F)(F)F)c1. The number of hydrogen-bond acceptors (Lipinski definition) is 27. The van der Waals surface area contributed by atoms with Gasteiger partial charge in [0.1, 0.15) is 22.7 Å². The molecule has 4 saturated carbocycles. The zero-order chi connectivity index (χ0) is 99.7. The van der Waals surface area contributed by atoms with Gasteiger partial charge in [-0.1, -0.05) is 57.4 Å². The van der Waals surface area contributed by atoms with Crippen LogP contribution in [0.2, 0.25) is 0 Å². The van der Waals surface area contributed by atoms with Gasteiger partial charge in [0.15, 0.2) is 29.0 Å². The number of ether oxygens (including phenoxy) is 2. The van der Waals surface area contributed by atoms with Crippen LogP contribution in [-0.4, -0.2) is 211 Å². The molecule has 139 heavy (non-hydrogen) atoms. The zero-order valence-electron chi connectivity index (χ0n) is 80.6. The molecule has 8 N–H and O–H groups in total. The first-order chi connectivity index (χ1) is 65.9. The van der Waals surface area contributed by atoms with Gasteiger partial charge in [-0.05, 0) is 192 Å². The summed E-state index contributed by atoms with van der Waals surface area (Å²) in [7, 11) is 9.65. The standard InChI is InChI=1S/C27H36N6O3.C24H29F3N6O3.C24H29F3N6O2.C23H26N6O3/c1-27(2)17-33(21-9-4-5-10-21)23-22(32(3)25(27)35)16-28-26(31-23)30-20-8-6-7-18(15-20)24(34)29-19-11-13-36-14-12-19;1-23(2)13-33(15-7-5-6-8-15)19-17(32(4)21(23)35)12-29-22(31-19)30-16-10-9-14(20(34)28-3)11-18(16)36-24(25,26)27;1-23(2)13-33(17-7-5-6-8-17)19-18(32(4)21(23)35)12-29-22(31-19)30-16-10-14(20(34)28-3)9-15(11-16)24(25,26)27;1-23(2)12-29(14-6-4-5-7-14)19-17(28(3)21(23)32)11-24-22(27-19)25-13-8-9-16-15(10-13)18(30)20(31)26-16/h6-8,15-16,19,21H,4-5,9-14,17H2,1-3H3,(H,29,34)(H,28,30,31);9-12,15H,5-8,13H2,1-4H3,(H,28,34)(H,29,30,31);9-12,17H,5-8,13H2,1-4H3,(H,28,34)(H,29,30,31);8-11,14H,4-7,12H2,1-3H3,(H,24,25,27)(H,26,30,31). The van der Waals surface area contributed by atoms with Crippen molar-refractivity contribution in [2.45, 2.75) is 214 Å². The molecule has 0 unspecified atom stereocenters. The van der Waals surface area contributed by atoms with E-state index < -0.39 is 69.0 Å². The third-order valence-electron chi connectivity index (χ3n) is 27.3. The molecule has 4 aromatic carbocycles. The summed E-state index contributed by atoms with van der Waals surface area (Å²) in [5, 5.41) is 22.4. The molecule has 0 bridgehead atoms. The number of aromatic nitrogens is 8. The number of halogens is 6. The predicted octanol–water partition coefficient (Wildman–Crippen LogP) is 15.6. The molecule has 0 radical (unpaired) electrons. The highest BCUT2D eigenvalue weighted by atomic mass is 19.4. The summed E-state index contributed by atoms with van der Waals surface area (Å²) in [6.07, 6.45) is 15.8. The van der Waals surface area contributed by atoms with Crippen LogP contribution in [0, 0.1) is 21.7 Å². The van der Waals surface area contributed by atoms with Crippen molar-refractivity contribution in [2.75, 3.05) is 147 Å². The topological polar surface area (TPSA) is 397 Å². The molecule has 6 aliphatic heterocycles. The van der Waals surface area contributed by atoms with E-state index in [1.807, 2.05) is 79.7 Å². The van der Waals surface area contributed by atoms with E-state index in [2.05, 4.69) is 96.8 Å². The molecule has 1 saturated heterocycles. The van der Waals surface area contributed by atoms with Gasteiger partial charge in [0, 0.05) is 146 Å². The normalized spacial score (nSPS) is 19.3. The molecule has 740 valence electrons. The van der Waals surface area contributed by atoms with Crippen LogP contribution in [0.5, 0.6) is 5.75 Å². The summed E-state index contributed by atoms with van der Waals surface area (Å²) < 4.78 is 89.2. The minimum atomic E-state index is -4.97. The number of rotatable bonds is 17.